The monoisotopic (exact) mass is 319 g/mol. The first-order valence-electron chi connectivity index (χ1n) is 8.51. The molecule has 1 aliphatic heterocycles. The third-order valence-electron chi connectivity index (χ3n) is 4.05. The Hall–Kier alpha value is -1.62. The number of hydrogen-bond acceptors (Lipinski definition) is 4. The molecule has 5 heteroatoms. The summed E-state index contributed by atoms with van der Waals surface area (Å²) in [6.07, 6.45) is 4.83. The van der Waals surface area contributed by atoms with Gasteiger partial charge in [-0.2, -0.15) is 0 Å². The molecule has 0 saturated carbocycles. The predicted molar refractivity (Wildman–Crippen MR) is 91.2 cm³/mol. The van der Waals surface area contributed by atoms with E-state index in [0.29, 0.717) is 0 Å². The lowest BCUT2D eigenvalue weighted by Gasteiger charge is -2.37. The van der Waals surface area contributed by atoms with E-state index in [4.69, 9.17) is 4.74 Å². The van der Waals surface area contributed by atoms with E-state index in [1.807, 2.05) is 43.9 Å². The number of nitrogens with one attached hydrogen (secondary N) is 1. The minimum absolute atomic E-state index is 0.165. The summed E-state index contributed by atoms with van der Waals surface area (Å²) in [6.45, 7) is 9.36. The molecule has 0 aromatic carbocycles. The van der Waals surface area contributed by atoms with Gasteiger partial charge in [0, 0.05) is 31.4 Å². The van der Waals surface area contributed by atoms with Crippen molar-refractivity contribution in [1.82, 2.24) is 15.2 Å². The van der Waals surface area contributed by atoms with Crippen LogP contribution in [-0.4, -0.2) is 40.7 Å². The van der Waals surface area contributed by atoms with Crippen molar-refractivity contribution in [3.63, 3.8) is 0 Å². The van der Waals surface area contributed by atoms with E-state index in [1.165, 1.54) is 0 Å². The Morgan fingerprint density at radius 3 is 2.87 bits per heavy atom. The number of nitrogens with zero attached hydrogens (tertiary/aromatic N) is 2. The van der Waals surface area contributed by atoms with Crippen LogP contribution in [0.4, 0.5) is 4.79 Å². The molecule has 23 heavy (non-hydrogen) atoms. The smallest absolute Gasteiger partial charge is 0.410 e. The summed E-state index contributed by atoms with van der Waals surface area (Å²) >= 11 is 0. The van der Waals surface area contributed by atoms with Crippen molar-refractivity contribution < 1.29 is 9.53 Å². The molecular formula is C18H29N3O2. The third kappa shape index (κ3) is 5.50. The number of piperidine rings is 1. The number of pyridine rings is 1. The largest absolute Gasteiger partial charge is 0.444 e. The molecule has 0 aliphatic carbocycles. The highest BCUT2D eigenvalue weighted by Crippen LogP contribution is 2.21. The Labute approximate surface area is 139 Å². The maximum absolute atomic E-state index is 12.4. The van der Waals surface area contributed by atoms with Gasteiger partial charge >= 0.3 is 6.09 Å². The summed E-state index contributed by atoms with van der Waals surface area (Å²) in [5, 5.41) is 3.50. The molecule has 2 rings (SSSR count). The van der Waals surface area contributed by atoms with Crippen molar-refractivity contribution in [2.24, 2.45) is 0 Å². The zero-order valence-electron chi connectivity index (χ0n) is 14.7. The van der Waals surface area contributed by atoms with E-state index in [-0.39, 0.29) is 18.2 Å². The highest BCUT2D eigenvalue weighted by Gasteiger charge is 2.30. The fourth-order valence-corrected chi connectivity index (χ4v) is 2.82. The van der Waals surface area contributed by atoms with Gasteiger partial charge in [-0.25, -0.2) is 4.79 Å². The Balaban J connectivity index is 1.92. The van der Waals surface area contributed by atoms with Crippen molar-refractivity contribution in [2.45, 2.75) is 64.6 Å². The summed E-state index contributed by atoms with van der Waals surface area (Å²) < 4.78 is 5.55. The number of hydrogen-bond donors (Lipinski definition) is 1. The van der Waals surface area contributed by atoms with Gasteiger partial charge in [0.25, 0.3) is 0 Å². The van der Waals surface area contributed by atoms with Crippen LogP contribution in [-0.2, 0) is 4.74 Å². The highest BCUT2D eigenvalue weighted by molar-refractivity contribution is 5.68. The maximum atomic E-state index is 12.4. The normalized spacial score (nSPS) is 20.2. The second-order valence-corrected chi connectivity index (χ2v) is 7.21. The Morgan fingerprint density at radius 2 is 2.22 bits per heavy atom. The first-order chi connectivity index (χ1) is 10.9. The summed E-state index contributed by atoms with van der Waals surface area (Å²) in [4.78, 5) is 18.7. The Morgan fingerprint density at radius 1 is 1.43 bits per heavy atom. The zero-order chi connectivity index (χ0) is 16.9. The van der Waals surface area contributed by atoms with Gasteiger partial charge < -0.3 is 15.0 Å². The Kier molecular flexibility index (Phi) is 5.99. The summed E-state index contributed by atoms with van der Waals surface area (Å²) in [7, 11) is 0. The molecule has 0 bridgehead atoms. The maximum Gasteiger partial charge on any atom is 0.410 e. The number of amides is 1. The molecule has 1 N–H and O–H groups in total. The first kappa shape index (κ1) is 17.7. The lowest BCUT2D eigenvalue weighted by atomic mass is 10.0. The molecule has 1 saturated heterocycles. The van der Waals surface area contributed by atoms with Gasteiger partial charge in [0.05, 0.1) is 5.69 Å². The number of carbonyl (C=O) groups excluding carboxylic acids is 1. The van der Waals surface area contributed by atoms with Gasteiger partial charge in [-0.15, -0.1) is 0 Å². The summed E-state index contributed by atoms with van der Waals surface area (Å²) in [5.74, 6) is 0. The molecule has 2 heterocycles. The van der Waals surface area contributed by atoms with Gasteiger partial charge in [-0.1, -0.05) is 6.07 Å². The van der Waals surface area contributed by atoms with Gasteiger partial charge in [0.1, 0.15) is 5.60 Å². The van der Waals surface area contributed by atoms with Crippen LogP contribution in [0.1, 0.15) is 58.7 Å². The minimum Gasteiger partial charge on any atom is -0.444 e. The van der Waals surface area contributed by atoms with E-state index in [0.717, 1.165) is 38.0 Å². The van der Waals surface area contributed by atoms with Gasteiger partial charge in [0.2, 0.25) is 0 Å². The van der Waals surface area contributed by atoms with Crippen LogP contribution in [0.15, 0.2) is 24.4 Å². The molecule has 0 spiro atoms. The number of rotatable bonds is 4. The molecule has 5 nitrogen and oxygen atoms in total. The molecule has 1 fully saturated rings. The molecule has 0 radical (unpaired) electrons. The van der Waals surface area contributed by atoms with Crippen LogP contribution in [0.5, 0.6) is 0 Å². The van der Waals surface area contributed by atoms with Gasteiger partial charge in [-0.3, -0.25) is 4.98 Å². The summed E-state index contributed by atoms with van der Waals surface area (Å²) in [6, 6.07) is 6.28. The van der Waals surface area contributed by atoms with Crippen molar-refractivity contribution >= 4 is 6.09 Å². The van der Waals surface area contributed by atoms with E-state index in [9.17, 15) is 4.79 Å². The van der Waals surface area contributed by atoms with Crippen LogP contribution in [0.2, 0.25) is 0 Å². The molecule has 1 aromatic heterocycles. The van der Waals surface area contributed by atoms with Crippen LogP contribution in [0.3, 0.4) is 0 Å². The standard InChI is InChI=1S/C18H29N3O2/c1-14(16-10-5-7-11-19-16)20-13-15-9-6-8-12-21(15)17(22)23-18(2,3)4/h5,7,10-11,14-15,20H,6,8-9,12-13H2,1-4H3/t14-,15?/m0/s1. The molecule has 1 amide bonds. The number of ether oxygens (including phenoxy) is 1. The minimum atomic E-state index is -0.451. The third-order valence-corrected chi connectivity index (χ3v) is 4.05. The second kappa shape index (κ2) is 7.77. The fraction of sp³-hybridized carbons (Fsp3) is 0.667. The molecule has 1 aliphatic rings. The molecular weight excluding hydrogens is 290 g/mol. The number of likely N-dealkylation sites (tertiary alicyclic amines) is 1. The van der Waals surface area contributed by atoms with E-state index < -0.39 is 5.60 Å². The van der Waals surface area contributed by atoms with Crippen molar-refractivity contribution in [1.29, 1.82) is 0 Å². The molecule has 1 aromatic rings. The first-order valence-corrected chi connectivity index (χ1v) is 8.51. The van der Waals surface area contributed by atoms with Crippen LogP contribution in [0.25, 0.3) is 0 Å². The highest BCUT2D eigenvalue weighted by atomic mass is 16.6. The molecule has 1 unspecified atom stereocenters. The van der Waals surface area contributed by atoms with Gasteiger partial charge in [-0.05, 0) is 59.1 Å². The lowest BCUT2D eigenvalue weighted by Crippen LogP contribution is -2.50. The summed E-state index contributed by atoms with van der Waals surface area (Å²) in [5.41, 5.74) is 0.570. The van der Waals surface area contributed by atoms with E-state index in [1.54, 1.807) is 6.20 Å². The average Bonchev–Trinajstić information content (AvgIpc) is 2.52. The number of carbonyl (C=O) groups is 1. The molecule has 128 valence electrons. The SMILES string of the molecule is C[C@H](NCC1CCCCN1C(=O)OC(C)(C)C)c1ccccn1. The van der Waals surface area contributed by atoms with Gasteiger partial charge in [0.15, 0.2) is 0 Å². The van der Waals surface area contributed by atoms with Crippen molar-refractivity contribution in [3.05, 3.63) is 30.1 Å². The van der Waals surface area contributed by atoms with Crippen LogP contribution in [0, 0.1) is 0 Å². The second-order valence-electron chi connectivity index (χ2n) is 7.21. The van der Waals surface area contributed by atoms with Crippen LogP contribution >= 0.6 is 0 Å². The topological polar surface area (TPSA) is 54.5 Å². The number of aromatic nitrogens is 1. The van der Waals surface area contributed by atoms with Crippen LogP contribution < -0.4 is 5.32 Å². The Bertz CT molecular complexity index is 499. The quantitative estimate of drug-likeness (QED) is 0.922. The molecule has 2 atom stereocenters. The average molecular weight is 319 g/mol. The zero-order valence-corrected chi connectivity index (χ0v) is 14.7. The van der Waals surface area contributed by atoms with E-state index in [2.05, 4.69) is 17.2 Å². The predicted octanol–water partition coefficient (Wildman–Crippen LogP) is 3.52. The van der Waals surface area contributed by atoms with Crippen molar-refractivity contribution in [3.8, 4) is 0 Å². The van der Waals surface area contributed by atoms with E-state index >= 15 is 0 Å². The lowest BCUT2D eigenvalue weighted by molar-refractivity contribution is 0.00969. The van der Waals surface area contributed by atoms with Crippen molar-refractivity contribution in [2.75, 3.05) is 13.1 Å². The fourth-order valence-electron chi connectivity index (χ4n) is 2.82.